The average molecular weight is 272 g/mol. The van der Waals surface area contributed by atoms with Crippen LogP contribution in [0.4, 0.5) is 0 Å². The summed E-state index contributed by atoms with van der Waals surface area (Å²) in [4.78, 5) is 23.6. The molecule has 0 aliphatic carbocycles. The number of carbonyl (C=O) groups is 2. The molecule has 1 N–H and O–H groups in total. The van der Waals surface area contributed by atoms with Crippen LogP contribution >= 0.6 is 0 Å². The number of esters is 1. The van der Waals surface area contributed by atoms with Crippen LogP contribution in [-0.2, 0) is 9.53 Å². The molecule has 1 atom stereocenters. The zero-order chi connectivity index (χ0) is 15.1. The number of carbonyl (C=O) groups excluding carboxylic acids is 2. The highest BCUT2D eigenvalue weighted by Gasteiger charge is 2.22. The third-order valence-electron chi connectivity index (χ3n) is 2.62. The first-order valence-electron chi connectivity index (χ1n) is 6.01. The lowest BCUT2D eigenvalue weighted by atomic mass is 10.1. The molecule has 0 spiro atoms. The van der Waals surface area contributed by atoms with Gasteiger partial charge in [0, 0.05) is 5.56 Å². The van der Waals surface area contributed by atoms with Gasteiger partial charge in [-0.05, 0) is 37.6 Å². The summed E-state index contributed by atoms with van der Waals surface area (Å²) in [6, 6.07) is 7.35. The summed E-state index contributed by atoms with van der Waals surface area (Å²) in [6.07, 6.45) is 0.314. The Bertz CT molecular complexity index is 555. The number of nitrogens with zero attached hydrogens (tertiary/aromatic N) is 1. The van der Waals surface area contributed by atoms with E-state index in [1.165, 1.54) is 19.2 Å². The van der Waals surface area contributed by atoms with Gasteiger partial charge in [0.05, 0.1) is 18.7 Å². The second-order valence-corrected chi connectivity index (χ2v) is 4.40. The number of methoxy groups -OCH3 is 1. The predicted molar refractivity (Wildman–Crippen MR) is 73.9 cm³/mol. The number of nitrogens with one attached hydrogen (secondary N) is 1. The van der Waals surface area contributed by atoms with Gasteiger partial charge in [0.2, 0.25) is 0 Å². The summed E-state index contributed by atoms with van der Waals surface area (Å²) < 4.78 is 4.65. The Labute approximate surface area is 117 Å². The van der Waals surface area contributed by atoms with Gasteiger partial charge >= 0.3 is 5.97 Å². The van der Waals surface area contributed by atoms with E-state index >= 15 is 0 Å². The molecule has 20 heavy (non-hydrogen) atoms. The van der Waals surface area contributed by atoms with Crippen molar-refractivity contribution in [2.45, 2.75) is 19.4 Å². The van der Waals surface area contributed by atoms with Crippen molar-refractivity contribution in [2.24, 2.45) is 0 Å². The Hall–Kier alpha value is -2.61. The maximum atomic E-state index is 12.0. The van der Waals surface area contributed by atoms with Crippen molar-refractivity contribution in [2.75, 3.05) is 7.11 Å². The molecule has 1 aromatic carbocycles. The minimum Gasteiger partial charge on any atom is -0.467 e. The van der Waals surface area contributed by atoms with E-state index in [2.05, 4.69) is 16.6 Å². The largest absolute Gasteiger partial charge is 0.467 e. The molecule has 0 fully saturated rings. The lowest BCUT2D eigenvalue weighted by Crippen LogP contribution is -2.41. The number of ether oxygens (including phenoxy) is 1. The molecule has 0 saturated heterocycles. The van der Waals surface area contributed by atoms with E-state index in [0.29, 0.717) is 17.5 Å². The molecule has 5 heteroatoms. The van der Waals surface area contributed by atoms with E-state index in [1.807, 2.05) is 6.07 Å². The second kappa shape index (κ2) is 7.10. The third kappa shape index (κ3) is 4.25. The second-order valence-electron chi connectivity index (χ2n) is 4.40. The smallest absolute Gasteiger partial charge is 0.328 e. The molecule has 1 amide bonds. The number of hydrogen-bond acceptors (Lipinski definition) is 4. The van der Waals surface area contributed by atoms with Crippen molar-refractivity contribution in [3.63, 3.8) is 0 Å². The Kier molecular flexibility index (Phi) is 5.48. The Morgan fingerprint density at radius 1 is 1.40 bits per heavy atom. The monoisotopic (exact) mass is 272 g/mol. The maximum Gasteiger partial charge on any atom is 0.328 e. The molecule has 104 valence electrons. The number of amides is 1. The van der Waals surface area contributed by atoms with Crippen LogP contribution < -0.4 is 5.32 Å². The van der Waals surface area contributed by atoms with E-state index in [-0.39, 0.29) is 0 Å². The summed E-state index contributed by atoms with van der Waals surface area (Å²) in [5.41, 5.74) is 1.60. The molecule has 0 radical (unpaired) electrons. The topological polar surface area (TPSA) is 79.2 Å². The van der Waals surface area contributed by atoms with Crippen molar-refractivity contribution in [3.05, 3.63) is 47.5 Å². The van der Waals surface area contributed by atoms with Crippen LogP contribution in [0.3, 0.4) is 0 Å². The normalized spacial score (nSPS) is 11.1. The number of nitriles is 1. The summed E-state index contributed by atoms with van der Waals surface area (Å²) in [5, 5.41) is 11.3. The standard InChI is InChI=1S/C15H16N2O3/c1-10(2)8-13(15(19)20-3)17-14(18)12-6-4-11(9-16)5-7-12/h4-7,13H,1,8H2,2-3H3,(H,17,18)/t13-/m1/s1. The number of hydrogen-bond donors (Lipinski definition) is 1. The van der Waals surface area contributed by atoms with Gasteiger partial charge in [0.15, 0.2) is 0 Å². The van der Waals surface area contributed by atoms with Crippen molar-refractivity contribution >= 4 is 11.9 Å². The summed E-state index contributed by atoms with van der Waals surface area (Å²) in [7, 11) is 1.27. The van der Waals surface area contributed by atoms with E-state index in [1.54, 1.807) is 19.1 Å². The predicted octanol–water partition coefficient (Wildman–Crippen LogP) is 1.80. The Morgan fingerprint density at radius 3 is 2.45 bits per heavy atom. The Balaban J connectivity index is 2.81. The van der Waals surface area contributed by atoms with Gasteiger partial charge in [-0.1, -0.05) is 5.57 Å². The molecule has 0 aliphatic rings. The van der Waals surface area contributed by atoms with E-state index in [4.69, 9.17) is 5.26 Å². The molecule has 1 aromatic rings. The van der Waals surface area contributed by atoms with E-state index in [0.717, 1.165) is 5.57 Å². The maximum absolute atomic E-state index is 12.0. The number of rotatable bonds is 5. The van der Waals surface area contributed by atoms with Crippen molar-refractivity contribution in [3.8, 4) is 6.07 Å². The van der Waals surface area contributed by atoms with Crippen LogP contribution in [0.1, 0.15) is 29.3 Å². The fourth-order valence-electron chi connectivity index (χ4n) is 1.62. The Morgan fingerprint density at radius 2 is 2.00 bits per heavy atom. The van der Waals surface area contributed by atoms with Crippen LogP contribution in [0.15, 0.2) is 36.4 Å². The zero-order valence-electron chi connectivity index (χ0n) is 11.5. The fraction of sp³-hybridized carbons (Fsp3) is 0.267. The quantitative estimate of drug-likeness (QED) is 0.654. The first-order valence-corrected chi connectivity index (χ1v) is 6.01. The molecule has 0 aliphatic heterocycles. The third-order valence-corrected chi connectivity index (χ3v) is 2.62. The molecular weight excluding hydrogens is 256 g/mol. The minimum atomic E-state index is -0.763. The summed E-state index contributed by atoms with van der Waals surface area (Å²) >= 11 is 0. The average Bonchev–Trinajstić information content (AvgIpc) is 2.45. The molecule has 5 nitrogen and oxygen atoms in total. The van der Waals surface area contributed by atoms with Gasteiger partial charge in [-0.15, -0.1) is 6.58 Å². The van der Waals surface area contributed by atoms with Crippen LogP contribution in [0.2, 0.25) is 0 Å². The van der Waals surface area contributed by atoms with Gasteiger partial charge in [0.25, 0.3) is 5.91 Å². The molecule has 1 rings (SSSR count). The van der Waals surface area contributed by atoms with Crippen LogP contribution in [0.25, 0.3) is 0 Å². The summed E-state index contributed by atoms with van der Waals surface area (Å²) in [6.45, 7) is 5.49. The first-order chi connectivity index (χ1) is 9.47. The summed E-state index contributed by atoms with van der Waals surface area (Å²) in [5.74, 6) is -0.916. The SMILES string of the molecule is C=C(C)C[C@@H](NC(=O)c1ccc(C#N)cc1)C(=O)OC. The fourth-order valence-corrected chi connectivity index (χ4v) is 1.62. The van der Waals surface area contributed by atoms with Crippen LogP contribution in [0, 0.1) is 11.3 Å². The lowest BCUT2D eigenvalue weighted by molar-refractivity contribution is -0.142. The minimum absolute atomic E-state index is 0.314. The molecule has 0 saturated carbocycles. The van der Waals surface area contributed by atoms with Crippen molar-refractivity contribution in [1.82, 2.24) is 5.32 Å². The van der Waals surface area contributed by atoms with Gasteiger partial charge < -0.3 is 10.1 Å². The van der Waals surface area contributed by atoms with Crippen LogP contribution in [-0.4, -0.2) is 25.0 Å². The van der Waals surface area contributed by atoms with Gasteiger partial charge in [-0.3, -0.25) is 4.79 Å². The highest BCUT2D eigenvalue weighted by molar-refractivity contribution is 5.96. The highest BCUT2D eigenvalue weighted by Crippen LogP contribution is 2.07. The van der Waals surface area contributed by atoms with Gasteiger partial charge in [0.1, 0.15) is 6.04 Å². The first kappa shape index (κ1) is 15.4. The zero-order valence-corrected chi connectivity index (χ0v) is 11.5. The van der Waals surface area contributed by atoms with Gasteiger partial charge in [-0.25, -0.2) is 4.79 Å². The number of benzene rings is 1. The van der Waals surface area contributed by atoms with Gasteiger partial charge in [-0.2, -0.15) is 5.26 Å². The van der Waals surface area contributed by atoms with Crippen LogP contribution in [0.5, 0.6) is 0 Å². The molecule has 0 bridgehead atoms. The molecule has 0 unspecified atom stereocenters. The molecule has 0 aromatic heterocycles. The lowest BCUT2D eigenvalue weighted by Gasteiger charge is -2.16. The molecule has 0 heterocycles. The van der Waals surface area contributed by atoms with E-state index in [9.17, 15) is 9.59 Å². The van der Waals surface area contributed by atoms with Crippen molar-refractivity contribution < 1.29 is 14.3 Å². The van der Waals surface area contributed by atoms with E-state index < -0.39 is 17.9 Å². The van der Waals surface area contributed by atoms with Crippen molar-refractivity contribution in [1.29, 1.82) is 5.26 Å². The molecular formula is C15H16N2O3. The highest BCUT2D eigenvalue weighted by atomic mass is 16.5.